The Balaban J connectivity index is 2.66. The molecule has 1 aromatic rings. The van der Waals surface area contributed by atoms with Crippen LogP contribution in [-0.4, -0.2) is 30.4 Å². The molecule has 0 radical (unpaired) electrons. The molecule has 1 N–H and O–H groups in total. The molecule has 0 atom stereocenters. The minimum atomic E-state index is -1.06. The van der Waals surface area contributed by atoms with E-state index in [4.69, 9.17) is 26.2 Å². The first-order valence-corrected chi connectivity index (χ1v) is 5.66. The van der Waals surface area contributed by atoms with Gasteiger partial charge in [-0.25, -0.2) is 4.79 Å². The van der Waals surface area contributed by atoms with Gasteiger partial charge in [-0.05, 0) is 26.0 Å². The summed E-state index contributed by atoms with van der Waals surface area (Å²) < 4.78 is 10.6. The van der Waals surface area contributed by atoms with Crippen molar-refractivity contribution in [3.05, 3.63) is 28.8 Å². The number of benzene rings is 1. The van der Waals surface area contributed by atoms with Crippen LogP contribution in [0, 0.1) is 0 Å². The van der Waals surface area contributed by atoms with Crippen LogP contribution in [-0.2, 0) is 4.74 Å². The van der Waals surface area contributed by atoms with Crippen LogP contribution in [0.1, 0.15) is 24.2 Å². The van der Waals surface area contributed by atoms with E-state index < -0.39 is 5.97 Å². The van der Waals surface area contributed by atoms with Crippen molar-refractivity contribution in [2.24, 2.45) is 0 Å². The Morgan fingerprint density at radius 3 is 2.71 bits per heavy atom. The predicted octanol–water partition coefficient (Wildman–Crippen LogP) is 2.84. The van der Waals surface area contributed by atoms with Crippen LogP contribution in [0.2, 0.25) is 5.02 Å². The SMILES string of the molecule is CC(C)OCCOc1c(Cl)cccc1C(=O)O. The molecule has 0 heterocycles. The van der Waals surface area contributed by atoms with E-state index in [1.165, 1.54) is 6.07 Å². The summed E-state index contributed by atoms with van der Waals surface area (Å²) in [5.74, 6) is -0.874. The molecule has 4 nitrogen and oxygen atoms in total. The van der Waals surface area contributed by atoms with Crippen LogP contribution in [0.25, 0.3) is 0 Å². The van der Waals surface area contributed by atoms with Crippen LogP contribution in [0.3, 0.4) is 0 Å². The Hall–Kier alpha value is -1.26. The van der Waals surface area contributed by atoms with Crippen molar-refractivity contribution in [1.82, 2.24) is 0 Å². The second kappa shape index (κ2) is 6.47. The number of hydrogen-bond acceptors (Lipinski definition) is 3. The Morgan fingerprint density at radius 2 is 2.12 bits per heavy atom. The topological polar surface area (TPSA) is 55.8 Å². The number of carboxylic acid groups (broad SMARTS) is 1. The van der Waals surface area contributed by atoms with Crippen LogP contribution < -0.4 is 4.74 Å². The molecule has 0 aliphatic heterocycles. The van der Waals surface area contributed by atoms with Gasteiger partial charge in [-0.1, -0.05) is 17.7 Å². The largest absolute Gasteiger partial charge is 0.489 e. The van der Waals surface area contributed by atoms with Crippen molar-refractivity contribution >= 4 is 17.6 Å². The molecule has 0 saturated carbocycles. The third-order valence-electron chi connectivity index (χ3n) is 1.98. The average Bonchev–Trinajstić information content (AvgIpc) is 2.25. The van der Waals surface area contributed by atoms with Gasteiger partial charge < -0.3 is 14.6 Å². The van der Waals surface area contributed by atoms with Gasteiger partial charge in [0, 0.05) is 0 Å². The van der Waals surface area contributed by atoms with Gasteiger partial charge in [-0.2, -0.15) is 0 Å². The van der Waals surface area contributed by atoms with E-state index in [1.54, 1.807) is 12.1 Å². The van der Waals surface area contributed by atoms with Crippen molar-refractivity contribution in [3.8, 4) is 5.75 Å². The second-order valence-electron chi connectivity index (χ2n) is 3.69. The van der Waals surface area contributed by atoms with E-state index in [9.17, 15) is 4.79 Å². The molecule has 0 aliphatic carbocycles. The van der Waals surface area contributed by atoms with E-state index >= 15 is 0 Å². The van der Waals surface area contributed by atoms with Crippen molar-refractivity contribution < 1.29 is 19.4 Å². The standard InChI is InChI=1S/C12H15ClO4/c1-8(2)16-6-7-17-11-9(12(14)15)4-3-5-10(11)13/h3-5,8H,6-7H2,1-2H3,(H,14,15). The lowest BCUT2D eigenvalue weighted by atomic mass is 10.2. The highest BCUT2D eigenvalue weighted by Gasteiger charge is 2.14. The third kappa shape index (κ3) is 4.24. The maximum Gasteiger partial charge on any atom is 0.339 e. The number of halogens is 1. The van der Waals surface area contributed by atoms with Crippen LogP contribution >= 0.6 is 11.6 Å². The number of para-hydroxylation sites is 1. The van der Waals surface area contributed by atoms with Gasteiger partial charge >= 0.3 is 5.97 Å². The van der Waals surface area contributed by atoms with E-state index in [0.717, 1.165) is 0 Å². The summed E-state index contributed by atoms with van der Waals surface area (Å²) in [6.07, 6.45) is 0.115. The van der Waals surface area contributed by atoms with Gasteiger partial charge in [0.2, 0.25) is 0 Å². The van der Waals surface area contributed by atoms with Crippen molar-refractivity contribution in [3.63, 3.8) is 0 Å². The van der Waals surface area contributed by atoms with Crippen LogP contribution in [0.4, 0.5) is 0 Å². The quantitative estimate of drug-likeness (QED) is 0.797. The Labute approximate surface area is 105 Å². The molecule has 17 heavy (non-hydrogen) atoms. The normalized spacial score (nSPS) is 10.6. The first kappa shape index (κ1) is 13.8. The van der Waals surface area contributed by atoms with E-state index in [1.807, 2.05) is 13.8 Å². The molecule has 0 aliphatic rings. The summed E-state index contributed by atoms with van der Waals surface area (Å²) in [5, 5.41) is 9.25. The zero-order chi connectivity index (χ0) is 12.8. The molecule has 1 rings (SSSR count). The van der Waals surface area contributed by atoms with Crippen molar-refractivity contribution in [1.29, 1.82) is 0 Å². The number of rotatable bonds is 6. The molecule has 0 bridgehead atoms. The Kier molecular flexibility index (Phi) is 5.25. The number of hydrogen-bond donors (Lipinski definition) is 1. The fraction of sp³-hybridized carbons (Fsp3) is 0.417. The first-order chi connectivity index (χ1) is 8.02. The molecular formula is C12H15ClO4. The molecule has 0 spiro atoms. The summed E-state index contributed by atoms with van der Waals surface area (Å²) in [7, 11) is 0. The molecule has 1 aromatic carbocycles. The highest BCUT2D eigenvalue weighted by atomic mass is 35.5. The molecule has 0 fully saturated rings. The molecule has 0 saturated heterocycles. The maximum absolute atomic E-state index is 10.9. The number of carboxylic acids is 1. The van der Waals surface area contributed by atoms with Crippen molar-refractivity contribution in [2.75, 3.05) is 13.2 Å². The van der Waals surface area contributed by atoms with Gasteiger partial charge in [0.25, 0.3) is 0 Å². The lowest BCUT2D eigenvalue weighted by Crippen LogP contribution is -2.13. The zero-order valence-corrected chi connectivity index (χ0v) is 10.5. The summed E-state index contributed by atoms with van der Waals surface area (Å²) in [6.45, 7) is 4.49. The highest BCUT2D eigenvalue weighted by Crippen LogP contribution is 2.28. The molecule has 0 unspecified atom stereocenters. The molecule has 94 valence electrons. The summed E-state index contributed by atoms with van der Waals surface area (Å²) in [6, 6.07) is 4.61. The summed E-state index contributed by atoms with van der Waals surface area (Å²) in [4.78, 5) is 10.9. The van der Waals surface area contributed by atoms with E-state index in [-0.39, 0.29) is 29.0 Å². The summed E-state index contributed by atoms with van der Waals surface area (Å²) >= 11 is 5.89. The Morgan fingerprint density at radius 1 is 1.41 bits per heavy atom. The number of aromatic carboxylic acids is 1. The fourth-order valence-electron chi connectivity index (χ4n) is 1.25. The number of ether oxygens (including phenoxy) is 2. The third-order valence-corrected chi connectivity index (χ3v) is 2.28. The minimum Gasteiger partial charge on any atom is -0.489 e. The second-order valence-corrected chi connectivity index (χ2v) is 4.10. The van der Waals surface area contributed by atoms with Crippen LogP contribution in [0.15, 0.2) is 18.2 Å². The average molecular weight is 259 g/mol. The maximum atomic E-state index is 10.9. The van der Waals surface area contributed by atoms with Gasteiger partial charge in [0.1, 0.15) is 12.2 Å². The van der Waals surface area contributed by atoms with Gasteiger partial charge in [0.15, 0.2) is 5.75 Å². The molecule has 5 heteroatoms. The minimum absolute atomic E-state index is 0.0575. The highest BCUT2D eigenvalue weighted by molar-refractivity contribution is 6.32. The van der Waals surface area contributed by atoms with Crippen molar-refractivity contribution in [2.45, 2.75) is 20.0 Å². The van der Waals surface area contributed by atoms with Gasteiger partial charge in [-0.15, -0.1) is 0 Å². The van der Waals surface area contributed by atoms with Crippen LogP contribution in [0.5, 0.6) is 5.75 Å². The van der Waals surface area contributed by atoms with E-state index in [0.29, 0.717) is 6.61 Å². The first-order valence-electron chi connectivity index (χ1n) is 5.28. The zero-order valence-electron chi connectivity index (χ0n) is 9.77. The molecular weight excluding hydrogens is 244 g/mol. The monoisotopic (exact) mass is 258 g/mol. The smallest absolute Gasteiger partial charge is 0.339 e. The summed E-state index contributed by atoms with van der Waals surface area (Å²) in [5.41, 5.74) is 0.0575. The molecule has 0 amide bonds. The number of carbonyl (C=O) groups is 1. The fourth-order valence-corrected chi connectivity index (χ4v) is 1.48. The lowest BCUT2D eigenvalue weighted by molar-refractivity contribution is 0.0538. The van der Waals surface area contributed by atoms with Gasteiger partial charge in [0.05, 0.1) is 17.7 Å². The lowest BCUT2D eigenvalue weighted by Gasteiger charge is -2.12. The molecule has 0 aromatic heterocycles. The van der Waals surface area contributed by atoms with E-state index in [2.05, 4.69) is 0 Å². The predicted molar refractivity (Wildman–Crippen MR) is 65.0 cm³/mol. The van der Waals surface area contributed by atoms with Gasteiger partial charge in [-0.3, -0.25) is 0 Å². The Bertz CT molecular complexity index is 390.